The van der Waals surface area contributed by atoms with E-state index in [0.29, 0.717) is 5.92 Å². The number of tetrazole rings is 1. The molecule has 0 saturated heterocycles. The molecule has 5 nitrogen and oxygen atoms in total. The van der Waals surface area contributed by atoms with Gasteiger partial charge >= 0.3 is 0 Å². The standard InChI is InChI=1S/C15H27N5/c1-10(2)8-16-11(3)15-17-18-19-20(15)9-14-7-12-4-5-13(14)6-12/h10-14,16H,4-9H2,1-3H3. The fraction of sp³-hybridized carbons (Fsp3) is 0.933. The minimum absolute atomic E-state index is 0.228. The lowest BCUT2D eigenvalue weighted by Gasteiger charge is -2.22. The van der Waals surface area contributed by atoms with Gasteiger partial charge in [-0.2, -0.15) is 0 Å². The van der Waals surface area contributed by atoms with E-state index in [0.717, 1.165) is 36.7 Å². The molecule has 2 aliphatic carbocycles. The molecule has 0 radical (unpaired) electrons. The normalized spacial score (nSPS) is 30.3. The van der Waals surface area contributed by atoms with Crippen molar-refractivity contribution in [3.63, 3.8) is 0 Å². The van der Waals surface area contributed by atoms with E-state index < -0.39 is 0 Å². The van der Waals surface area contributed by atoms with Crippen molar-refractivity contribution in [2.75, 3.05) is 6.54 Å². The highest BCUT2D eigenvalue weighted by atomic mass is 15.5. The molecule has 0 aromatic carbocycles. The van der Waals surface area contributed by atoms with Gasteiger partial charge in [0.25, 0.3) is 0 Å². The summed E-state index contributed by atoms with van der Waals surface area (Å²) >= 11 is 0. The molecule has 0 aliphatic heterocycles. The molecule has 1 heterocycles. The van der Waals surface area contributed by atoms with E-state index in [1.165, 1.54) is 25.7 Å². The number of hydrogen-bond acceptors (Lipinski definition) is 4. The van der Waals surface area contributed by atoms with Crippen molar-refractivity contribution in [3.05, 3.63) is 5.82 Å². The minimum Gasteiger partial charge on any atom is -0.307 e. The Labute approximate surface area is 121 Å². The Bertz CT molecular complexity index is 441. The van der Waals surface area contributed by atoms with Crippen LogP contribution in [0.4, 0.5) is 0 Å². The zero-order valence-electron chi connectivity index (χ0n) is 12.9. The van der Waals surface area contributed by atoms with Crippen LogP contribution in [0.3, 0.4) is 0 Å². The SMILES string of the molecule is CC(C)CNC(C)c1nnnn1CC1CC2CCC1C2. The summed E-state index contributed by atoms with van der Waals surface area (Å²) < 4.78 is 2.04. The molecule has 2 bridgehead atoms. The summed E-state index contributed by atoms with van der Waals surface area (Å²) in [5.41, 5.74) is 0. The van der Waals surface area contributed by atoms with Gasteiger partial charge in [0.05, 0.1) is 6.04 Å². The van der Waals surface area contributed by atoms with Gasteiger partial charge in [0, 0.05) is 6.54 Å². The van der Waals surface area contributed by atoms with E-state index in [1.54, 1.807) is 0 Å². The van der Waals surface area contributed by atoms with Gasteiger partial charge in [-0.05, 0) is 66.8 Å². The predicted molar refractivity (Wildman–Crippen MR) is 78.0 cm³/mol. The summed E-state index contributed by atoms with van der Waals surface area (Å²) in [6.07, 6.45) is 5.71. The molecule has 2 saturated carbocycles. The molecule has 112 valence electrons. The number of aromatic nitrogens is 4. The van der Waals surface area contributed by atoms with Crippen LogP contribution in [0.15, 0.2) is 0 Å². The molecule has 1 N–H and O–H groups in total. The highest BCUT2D eigenvalue weighted by Gasteiger charge is 2.39. The monoisotopic (exact) mass is 277 g/mol. The predicted octanol–water partition coefficient (Wildman–Crippen LogP) is 2.42. The van der Waals surface area contributed by atoms with Crippen molar-refractivity contribution in [3.8, 4) is 0 Å². The van der Waals surface area contributed by atoms with Crippen LogP contribution >= 0.6 is 0 Å². The summed E-state index contributed by atoms with van der Waals surface area (Å²) in [7, 11) is 0. The maximum Gasteiger partial charge on any atom is 0.167 e. The molecule has 3 rings (SSSR count). The van der Waals surface area contributed by atoms with Crippen molar-refractivity contribution in [2.45, 2.75) is 59.0 Å². The molecule has 2 fully saturated rings. The molecule has 1 aromatic heterocycles. The second-order valence-electron chi connectivity index (χ2n) is 7.18. The summed E-state index contributed by atoms with van der Waals surface area (Å²) in [6.45, 7) is 8.61. The lowest BCUT2D eigenvalue weighted by atomic mass is 9.89. The van der Waals surface area contributed by atoms with E-state index >= 15 is 0 Å². The number of rotatable bonds is 6. The van der Waals surface area contributed by atoms with Crippen LogP contribution in [0, 0.1) is 23.7 Å². The zero-order valence-corrected chi connectivity index (χ0v) is 12.9. The molecule has 0 amide bonds. The smallest absolute Gasteiger partial charge is 0.167 e. The zero-order chi connectivity index (χ0) is 14.1. The topological polar surface area (TPSA) is 55.6 Å². The first kappa shape index (κ1) is 14.0. The van der Waals surface area contributed by atoms with Gasteiger partial charge in [0.1, 0.15) is 0 Å². The maximum atomic E-state index is 4.24. The van der Waals surface area contributed by atoms with E-state index in [1.807, 2.05) is 4.68 Å². The van der Waals surface area contributed by atoms with E-state index in [4.69, 9.17) is 0 Å². The van der Waals surface area contributed by atoms with Crippen molar-refractivity contribution in [2.24, 2.45) is 23.7 Å². The van der Waals surface area contributed by atoms with Crippen molar-refractivity contribution < 1.29 is 0 Å². The Morgan fingerprint density at radius 1 is 1.25 bits per heavy atom. The highest BCUT2D eigenvalue weighted by molar-refractivity contribution is 4.94. The third-order valence-electron chi connectivity index (χ3n) is 5.07. The Kier molecular flexibility index (Phi) is 4.06. The van der Waals surface area contributed by atoms with Gasteiger partial charge in [-0.25, -0.2) is 4.68 Å². The molecule has 20 heavy (non-hydrogen) atoms. The van der Waals surface area contributed by atoms with Crippen LogP contribution in [-0.2, 0) is 6.54 Å². The quantitative estimate of drug-likeness (QED) is 0.867. The van der Waals surface area contributed by atoms with Gasteiger partial charge in [0.2, 0.25) is 0 Å². The van der Waals surface area contributed by atoms with Gasteiger partial charge < -0.3 is 5.32 Å². The second-order valence-corrected chi connectivity index (χ2v) is 7.18. The average molecular weight is 277 g/mol. The lowest BCUT2D eigenvalue weighted by molar-refractivity contribution is 0.276. The van der Waals surface area contributed by atoms with Crippen LogP contribution in [0.25, 0.3) is 0 Å². The van der Waals surface area contributed by atoms with Gasteiger partial charge in [-0.3, -0.25) is 0 Å². The van der Waals surface area contributed by atoms with Crippen LogP contribution in [0.2, 0.25) is 0 Å². The third-order valence-corrected chi connectivity index (χ3v) is 5.07. The van der Waals surface area contributed by atoms with Crippen molar-refractivity contribution in [1.82, 2.24) is 25.5 Å². The van der Waals surface area contributed by atoms with Crippen molar-refractivity contribution in [1.29, 1.82) is 0 Å². The molecule has 5 heteroatoms. The highest BCUT2D eigenvalue weighted by Crippen LogP contribution is 2.48. The summed E-state index contributed by atoms with van der Waals surface area (Å²) in [6, 6.07) is 0.228. The van der Waals surface area contributed by atoms with Crippen LogP contribution in [-0.4, -0.2) is 26.8 Å². The number of fused-ring (bicyclic) bond motifs is 2. The Balaban J connectivity index is 1.61. The molecular formula is C15H27N5. The van der Waals surface area contributed by atoms with E-state index in [9.17, 15) is 0 Å². The summed E-state index contributed by atoms with van der Waals surface area (Å²) in [5, 5.41) is 15.9. The maximum absolute atomic E-state index is 4.24. The van der Waals surface area contributed by atoms with Crippen LogP contribution in [0.1, 0.15) is 58.3 Å². The Morgan fingerprint density at radius 2 is 2.10 bits per heavy atom. The van der Waals surface area contributed by atoms with E-state index in [2.05, 4.69) is 41.6 Å². The van der Waals surface area contributed by atoms with Crippen LogP contribution < -0.4 is 5.32 Å². The molecular weight excluding hydrogens is 250 g/mol. The number of nitrogens with zero attached hydrogens (tertiary/aromatic N) is 4. The minimum atomic E-state index is 0.228. The van der Waals surface area contributed by atoms with Gasteiger partial charge in [0.15, 0.2) is 5.82 Å². The molecule has 2 aliphatic rings. The largest absolute Gasteiger partial charge is 0.307 e. The second kappa shape index (κ2) is 5.80. The molecule has 4 unspecified atom stereocenters. The Morgan fingerprint density at radius 3 is 2.75 bits per heavy atom. The molecule has 4 atom stereocenters. The summed E-state index contributed by atoms with van der Waals surface area (Å²) in [4.78, 5) is 0. The average Bonchev–Trinajstić information content (AvgIpc) is 3.11. The fourth-order valence-electron chi connectivity index (χ4n) is 3.98. The first-order valence-electron chi connectivity index (χ1n) is 8.13. The first-order valence-corrected chi connectivity index (χ1v) is 8.13. The number of nitrogens with one attached hydrogen (secondary N) is 1. The fourth-order valence-corrected chi connectivity index (χ4v) is 3.98. The number of hydrogen-bond donors (Lipinski definition) is 1. The lowest BCUT2D eigenvalue weighted by Crippen LogP contribution is -2.27. The first-order chi connectivity index (χ1) is 9.63. The molecule has 1 aromatic rings. The van der Waals surface area contributed by atoms with Gasteiger partial charge in [-0.15, -0.1) is 5.10 Å². The van der Waals surface area contributed by atoms with Gasteiger partial charge in [-0.1, -0.05) is 20.3 Å². The Hall–Kier alpha value is -0.970. The molecule has 0 spiro atoms. The summed E-state index contributed by atoms with van der Waals surface area (Å²) in [5.74, 6) is 4.35. The van der Waals surface area contributed by atoms with Crippen molar-refractivity contribution >= 4 is 0 Å². The third kappa shape index (κ3) is 2.87. The van der Waals surface area contributed by atoms with Crippen LogP contribution in [0.5, 0.6) is 0 Å². The van der Waals surface area contributed by atoms with E-state index in [-0.39, 0.29) is 6.04 Å².